The summed E-state index contributed by atoms with van der Waals surface area (Å²) < 4.78 is 29.7. The van der Waals surface area contributed by atoms with E-state index in [4.69, 9.17) is 0 Å². The number of nitrogens with one attached hydrogen (secondary N) is 1. The highest BCUT2D eigenvalue weighted by Gasteiger charge is 2.18. The molecule has 2 N–H and O–H groups in total. The summed E-state index contributed by atoms with van der Waals surface area (Å²) in [7, 11) is 0. The average Bonchev–Trinajstić information content (AvgIpc) is 2.83. The number of nitrogens with zero attached hydrogens (tertiary/aromatic N) is 3. The van der Waals surface area contributed by atoms with E-state index < -0.39 is 17.4 Å². The van der Waals surface area contributed by atoms with Crippen LogP contribution in [0.1, 0.15) is 17.7 Å². The van der Waals surface area contributed by atoms with Crippen LogP contribution in [0, 0.1) is 18.6 Å². The molecule has 25 heavy (non-hydrogen) atoms. The van der Waals surface area contributed by atoms with E-state index in [2.05, 4.69) is 15.4 Å². The summed E-state index contributed by atoms with van der Waals surface area (Å²) in [5.74, 6) is -2.97. The first-order valence-electron chi connectivity index (χ1n) is 7.80. The van der Waals surface area contributed by atoms with Crippen LogP contribution < -0.4 is 5.32 Å². The lowest BCUT2D eigenvalue weighted by atomic mass is 10.1. The number of aromatic hydroxyl groups is 1. The van der Waals surface area contributed by atoms with Crippen LogP contribution >= 0.6 is 12.4 Å². The third-order valence-electron chi connectivity index (χ3n) is 4.32. The Hall–Kier alpha value is -2.25. The Balaban J connectivity index is 0.00000182. The maximum Gasteiger partial charge on any atom is 0.188 e. The second kappa shape index (κ2) is 6.57. The van der Waals surface area contributed by atoms with Crippen molar-refractivity contribution >= 4 is 23.3 Å². The van der Waals surface area contributed by atoms with Crippen molar-refractivity contribution in [3.05, 3.63) is 41.1 Å². The van der Waals surface area contributed by atoms with E-state index in [0.717, 1.165) is 37.8 Å². The molecule has 1 aliphatic heterocycles. The lowest BCUT2D eigenvalue weighted by molar-refractivity contribution is 0.400. The summed E-state index contributed by atoms with van der Waals surface area (Å²) in [5, 5.41) is 17.5. The van der Waals surface area contributed by atoms with Gasteiger partial charge in [-0.15, -0.1) is 12.4 Å². The molecular formula is C17H17ClF2N4O. The minimum absolute atomic E-state index is 0. The van der Waals surface area contributed by atoms with Crippen molar-refractivity contribution in [1.29, 1.82) is 0 Å². The van der Waals surface area contributed by atoms with Crippen LogP contribution in [0.4, 0.5) is 8.78 Å². The molecule has 0 saturated heterocycles. The molecule has 0 bridgehead atoms. The van der Waals surface area contributed by atoms with Crippen LogP contribution in [0.2, 0.25) is 0 Å². The van der Waals surface area contributed by atoms with E-state index in [1.807, 2.05) is 10.7 Å². The molecule has 0 fully saturated rings. The fourth-order valence-electron chi connectivity index (χ4n) is 3.12. The number of pyridine rings is 1. The molecule has 0 atom stereocenters. The standard InChI is InChI=1S/C17H16F2N4O.ClH/c1-9-5-12(13-6-10-8-20-3-2-4-23(10)22-13)21-14-7-11(18)17(24)16(19)15(9)14;/h5-7,20,24H,2-4,8H2,1H3;1H. The number of phenolic OH excluding ortho intramolecular Hbond substituents is 1. The minimum Gasteiger partial charge on any atom is -0.503 e. The fraction of sp³-hybridized carbons (Fsp3) is 0.294. The normalized spacial score (nSPS) is 14.0. The second-order valence-corrected chi connectivity index (χ2v) is 6.01. The molecule has 4 rings (SSSR count). The van der Waals surface area contributed by atoms with Crippen molar-refractivity contribution in [2.75, 3.05) is 6.54 Å². The van der Waals surface area contributed by atoms with E-state index in [9.17, 15) is 13.9 Å². The Kier molecular flexibility index (Phi) is 4.62. The zero-order valence-corrected chi connectivity index (χ0v) is 14.3. The first-order valence-corrected chi connectivity index (χ1v) is 7.80. The quantitative estimate of drug-likeness (QED) is 0.693. The highest BCUT2D eigenvalue weighted by atomic mass is 35.5. The van der Waals surface area contributed by atoms with Crippen LogP contribution in [0.15, 0.2) is 18.2 Å². The second-order valence-electron chi connectivity index (χ2n) is 6.01. The van der Waals surface area contributed by atoms with Gasteiger partial charge in [-0.1, -0.05) is 0 Å². The summed E-state index contributed by atoms with van der Waals surface area (Å²) in [6, 6.07) is 4.70. The topological polar surface area (TPSA) is 63.0 Å². The van der Waals surface area contributed by atoms with Crippen molar-refractivity contribution < 1.29 is 13.9 Å². The molecule has 2 aromatic heterocycles. The van der Waals surface area contributed by atoms with Gasteiger partial charge in [0, 0.05) is 24.5 Å². The third kappa shape index (κ3) is 2.94. The average molecular weight is 367 g/mol. The Labute approximate surface area is 149 Å². The largest absolute Gasteiger partial charge is 0.503 e. The number of aromatic nitrogens is 3. The Bertz CT molecular complexity index is 934. The number of rotatable bonds is 1. The molecule has 0 aliphatic carbocycles. The van der Waals surface area contributed by atoms with Crippen molar-refractivity contribution in [1.82, 2.24) is 20.1 Å². The van der Waals surface area contributed by atoms with E-state index in [1.54, 1.807) is 13.0 Å². The summed E-state index contributed by atoms with van der Waals surface area (Å²) in [6.07, 6.45) is 0.994. The van der Waals surface area contributed by atoms with Gasteiger partial charge in [-0.25, -0.2) is 13.8 Å². The smallest absolute Gasteiger partial charge is 0.188 e. The fourth-order valence-corrected chi connectivity index (χ4v) is 3.12. The SMILES string of the molecule is Cc1cc(-c2cc3n(n2)CCCNC3)nc2cc(F)c(O)c(F)c12.Cl. The van der Waals surface area contributed by atoms with E-state index >= 15 is 0 Å². The molecule has 0 amide bonds. The zero-order valence-electron chi connectivity index (χ0n) is 13.5. The van der Waals surface area contributed by atoms with Gasteiger partial charge >= 0.3 is 0 Å². The van der Waals surface area contributed by atoms with Crippen molar-refractivity contribution in [2.24, 2.45) is 0 Å². The zero-order chi connectivity index (χ0) is 16.8. The molecule has 132 valence electrons. The first-order chi connectivity index (χ1) is 11.5. The van der Waals surface area contributed by atoms with E-state index in [0.29, 0.717) is 17.0 Å². The summed E-state index contributed by atoms with van der Waals surface area (Å²) in [6.45, 7) is 4.22. The lowest BCUT2D eigenvalue weighted by Crippen LogP contribution is -2.11. The highest BCUT2D eigenvalue weighted by molar-refractivity contribution is 5.86. The summed E-state index contributed by atoms with van der Waals surface area (Å²) in [5.41, 5.74) is 3.03. The lowest BCUT2D eigenvalue weighted by Gasteiger charge is -2.08. The van der Waals surface area contributed by atoms with Crippen molar-refractivity contribution in [3.8, 4) is 17.1 Å². The van der Waals surface area contributed by atoms with Crippen molar-refractivity contribution in [2.45, 2.75) is 26.4 Å². The maximum absolute atomic E-state index is 14.1. The van der Waals surface area contributed by atoms with Crippen LogP contribution in [-0.2, 0) is 13.1 Å². The number of aryl methyl sites for hydroxylation is 2. The molecule has 1 aromatic carbocycles. The van der Waals surface area contributed by atoms with Gasteiger partial charge in [-0.05, 0) is 37.6 Å². The van der Waals surface area contributed by atoms with Gasteiger partial charge in [0.05, 0.1) is 16.9 Å². The van der Waals surface area contributed by atoms with E-state index in [-0.39, 0.29) is 23.3 Å². The number of benzene rings is 1. The molecule has 8 heteroatoms. The Morgan fingerprint density at radius 3 is 2.80 bits per heavy atom. The van der Waals surface area contributed by atoms with Crippen LogP contribution in [0.5, 0.6) is 5.75 Å². The van der Waals surface area contributed by atoms with Gasteiger partial charge in [-0.2, -0.15) is 5.10 Å². The Morgan fingerprint density at radius 1 is 1.20 bits per heavy atom. The molecule has 1 aliphatic rings. The first kappa shape index (κ1) is 17.6. The monoisotopic (exact) mass is 366 g/mol. The molecule has 0 spiro atoms. The van der Waals surface area contributed by atoms with Gasteiger partial charge < -0.3 is 10.4 Å². The minimum atomic E-state index is -1.02. The number of phenols is 1. The predicted octanol–water partition coefficient (Wildman–Crippen LogP) is 3.31. The molecule has 5 nitrogen and oxygen atoms in total. The van der Waals surface area contributed by atoms with Gasteiger partial charge in [-0.3, -0.25) is 4.68 Å². The van der Waals surface area contributed by atoms with Gasteiger partial charge in [0.1, 0.15) is 5.69 Å². The van der Waals surface area contributed by atoms with Crippen molar-refractivity contribution in [3.63, 3.8) is 0 Å². The molecule has 0 radical (unpaired) electrons. The molecular weight excluding hydrogens is 350 g/mol. The molecule has 3 aromatic rings. The third-order valence-corrected chi connectivity index (χ3v) is 4.32. The van der Waals surface area contributed by atoms with Crippen LogP contribution in [0.25, 0.3) is 22.3 Å². The summed E-state index contributed by atoms with van der Waals surface area (Å²) >= 11 is 0. The summed E-state index contributed by atoms with van der Waals surface area (Å²) in [4.78, 5) is 4.35. The molecule has 3 heterocycles. The number of fused-ring (bicyclic) bond motifs is 2. The van der Waals surface area contributed by atoms with Gasteiger partial charge in [0.15, 0.2) is 17.4 Å². The van der Waals surface area contributed by atoms with E-state index in [1.165, 1.54) is 0 Å². The Morgan fingerprint density at radius 2 is 2.00 bits per heavy atom. The van der Waals surface area contributed by atoms with Gasteiger partial charge in [0.2, 0.25) is 0 Å². The predicted molar refractivity (Wildman–Crippen MR) is 92.9 cm³/mol. The number of hydrogen-bond donors (Lipinski definition) is 2. The highest BCUT2D eigenvalue weighted by Crippen LogP contribution is 2.32. The van der Waals surface area contributed by atoms with Gasteiger partial charge in [0.25, 0.3) is 0 Å². The van der Waals surface area contributed by atoms with Crippen LogP contribution in [-0.4, -0.2) is 26.4 Å². The molecule has 0 unspecified atom stereocenters. The maximum atomic E-state index is 14.1. The van der Waals surface area contributed by atoms with Crippen LogP contribution in [0.3, 0.4) is 0 Å². The number of halogens is 3. The molecule has 0 saturated carbocycles. The number of hydrogen-bond acceptors (Lipinski definition) is 4.